The number of rotatable bonds is 5. The lowest BCUT2D eigenvalue weighted by Crippen LogP contribution is -2.22. The number of imidazole rings is 1. The Hall–Kier alpha value is -2.41. The van der Waals surface area contributed by atoms with E-state index in [0.717, 1.165) is 5.56 Å². The molecule has 0 aliphatic carbocycles. The molecule has 0 spiro atoms. The number of aromatic nitrogens is 2. The van der Waals surface area contributed by atoms with Crippen molar-refractivity contribution in [3.8, 4) is 17.1 Å². The van der Waals surface area contributed by atoms with Crippen LogP contribution in [0.5, 0.6) is 5.75 Å². The van der Waals surface area contributed by atoms with Gasteiger partial charge in [0.2, 0.25) is 0 Å². The number of hydrogen-bond donors (Lipinski definition) is 2. The number of nitrogens with zero attached hydrogens (tertiary/aromatic N) is 2. The molecular formula is C20H19ClFN3O2. The van der Waals surface area contributed by atoms with Crippen LogP contribution in [0.4, 0.5) is 4.39 Å². The number of benzene rings is 2. The van der Waals surface area contributed by atoms with Crippen LogP contribution in [0, 0.1) is 5.82 Å². The Labute approximate surface area is 161 Å². The average Bonchev–Trinajstić information content (AvgIpc) is 3.30. The first-order valence-electron chi connectivity index (χ1n) is 8.72. The minimum Gasteiger partial charge on any atom is -0.488 e. The van der Waals surface area contributed by atoms with Gasteiger partial charge in [0, 0.05) is 31.0 Å². The van der Waals surface area contributed by atoms with Gasteiger partial charge in [-0.1, -0.05) is 29.8 Å². The zero-order valence-electron chi connectivity index (χ0n) is 14.5. The van der Waals surface area contributed by atoms with Crippen LogP contribution in [0.3, 0.4) is 0 Å². The maximum atomic E-state index is 14.0. The van der Waals surface area contributed by atoms with Gasteiger partial charge in [0.15, 0.2) is 0 Å². The summed E-state index contributed by atoms with van der Waals surface area (Å²) in [6.07, 6.45) is 3.06. The van der Waals surface area contributed by atoms with Crippen LogP contribution in [0.15, 0.2) is 54.9 Å². The average molecular weight is 388 g/mol. The van der Waals surface area contributed by atoms with Crippen molar-refractivity contribution in [2.45, 2.75) is 18.8 Å². The second kappa shape index (κ2) is 7.68. The molecule has 2 heterocycles. The van der Waals surface area contributed by atoms with E-state index in [2.05, 4.69) is 10.3 Å². The minimum atomic E-state index is -0.483. The van der Waals surface area contributed by atoms with E-state index in [9.17, 15) is 9.50 Å². The number of hydrogen-bond acceptors (Lipinski definition) is 4. The Morgan fingerprint density at radius 2 is 2.07 bits per heavy atom. The van der Waals surface area contributed by atoms with Gasteiger partial charge >= 0.3 is 0 Å². The molecule has 1 saturated heterocycles. The number of para-hydroxylation sites is 1. The summed E-state index contributed by atoms with van der Waals surface area (Å²) in [7, 11) is 0. The lowest BCUT2D eigenvalue weighted by atomic mass is 10.1. The first-order chi connectivity index (χ1) is 13.1. The van der Waals surface area contributed by atoms with E-state index in [1.165, 1.54) is 6.07 Å². The fourth-order valence-corrected chi connectivity index (χ4v) is 3.54. The van der Waals surface area contributed by atoms with Crippen molar-refractivity contribution in [1.29, 1.82) is 0 Å². The monoisotopic (exact) mass is 387 g/mol. The van der Waals surface area contributed by atoms with Gasteiger partial charge in [0.25, 0.3) is 0 Å². The molecular weight excluding hydrogens is 369 g/mol. The molecule has 0 saturated carbocycles. The third-order valence-corrected chi connectivity index (χ3v) is 5.09. The molecule has 2 aromatic carbocycles. The first-order valence-corrected chi connectivity index (χ1v) is 9.09. The van der Waals surface area contributed by atoms with Gasteiger partial charge < -0.3 is 19.7 Å². The highest BCUT2D eigenvalue weighted by molar-refractivity contribution is 6.31. The standard InChI is InChI=1S/C20H19ClFN3O2/c21-15-5-3-6-16(22)14(15)12-27-19-7-2-1-4-13(19)20-24-8-9-25(20)17-10-23-11-18(17)26/h1-9,17-18,23,26H,10-12H2/t17-,18+/m1/s1. The predicted molar refractivity (Wildman–Crippen MR) is 101 cm³/mol. The maximum absolute atomic E-state index is 14.0. The first kappa shape index (κ1) is 18.0. The molecule has 0 unspecified atom stereocenters. The highest BCUT2D eigenvalue weighted by Gasteiger charge is 2.28. The molecule has 1 aliphatic heterocycles. The van der Waals surface area contributed by atoms with Crippen LogP contribution in [-0.2, 0) is 6.61 Å². The Kier molecular flexibility index (Phi) is 5.11. The third-order valence-electron chi connectivity index (χ3n) is 4.74. The van der Waals surface area contributed by atoms with Crippen molar-refractivity contribution in [2.24, 2.45) is 0 Å². The van der Waals surface area contributed by atoms with Crippen LogP contribution in [0.1, 0.15) is 11.6 Å². The maximum Gasteiger partial charge on any atom is 0.144 e. The van der Waals surface area contributed by atoms with Crippen LogP contribution in [0.25, 0.3) is 11.4 Å². The summed E-state index contributed by atoms with van der Waals surface area (Å²) in [5.74, 6) is 0.865. The normalized spacial score (nSPS) is 19.4. The van der Waals surface area contributed by atoms with Gasteiger partial charge in [0.05, 0.1) is 22.7 Å². The minimum absolute atomic E-state index is 0.0108. The second-order valence-electron chi connectivity index (χ2n) is 6.44. The van der Waals surface area contributed by atoms with Crippen LogP contribution >= 0.6 is 11.6 Å². The van der Waals surface area contributed by atoms with E-state index in [1.54, 1.807) is 18.3 Å². The number of ether oxygens (including phenoxy) is 1. The summed E-state index contributed by atoms with van der Waals surface area (Å²) in [6, 6.07) is 11.9. The SMILES string of the molecule is O[C@H]1CNC[C@H]1n1ccnc1-c1ccccc1OCc1c(F)cccc1Cl. The van der Waals surface area contributed by atoms with Crippen molar-refractivity contribution in [2.75, 3.05) is 13.1 Å². The zero-order chi connectivity index (χ0) is 18.8. The summed E-state index contributed by atoms with van der Waals surface area (Å²) in [4.78, 5) is 4.46. The molecule has 0 radical (unpaired) electrons. The third kappa shape index (κ3) is 3.56. The lowest BCUT2D eigenvalue weighted by molar-refractivity contribution is 0.151. The fraction of sp³-hybridized carbons (Fsp3) is 0.250. The summed E-state index contributed by atoms with van der Waals surface area (Å²) < 4.78 is 21.9. The predicted octanol–water partition coefficient (Wildman–Crippen LogP) is 3.43. The van der Waals surface area contributed by atoms with Crippen molar-refractivity contribution in [3.05, 3.63) is 71.3 Å². The number of aliphatic hydroxyl groups excluding tert-OH is 1. The van der Waals surface area contributed by atoms with Crippen molar-refractivity contribution >= 4 is 11.6 Å². The van der Waals surface area contributed by atoms with Gasteiger partial charge in [0.1, 0.15) is 24.0 Å². The van der Waals surface area contributed by atoms with Gasteiger partial charge in [-0.15, -0.1) is 0 Å². The summed E-state index contributed by atoms with van der Waals surface area (Å²) in [5, 5.41) is 13.7. The van der Waals surface area contributed by atoms with Crippen LogP contribution < -0.4 is 10.1 Å². The molecule has 7 heteroatoms. The molecule has 0 amide bonds. The number of nitrogens with one attached hydrogen (secondary N) is 1. The highest BCUT2D eigenvalue weighted by Crippen LogP contribution is 2.32. The zero-order valence-corrected chi connectivity index (χ0v) is 15.2. The van der Waals surface area contributed by atoms with E-state index >= 15 is 0 Å². The highest BCUT2D eigenvalue weighted by atomic mass is 35.5. The molecule has 4 rings (SSSR count). The molecule has 3 aromatic rings. The van der Waals surface area contributed by atoms with Crippen molar-refractivity contribution in [1.82, 2.24) is 14.9 Å². The Bertz CT molecular complexity index is 926. The quantitative estimate of drug-likeness (QED) is 0.704. The summed E-state index contributed by atoms with van der Waals surface area (Å²) in [6.45, 7) is 1.22. The Balaban J connectivity index is 1.64. The fourth-order valence-electron chi connectivity index (χ4n) is 3.32. The number of halogens is 2. The van der Waals surface area contributed by atoms with Crippen LogP contribution in [0.2, 0.25) is 5.02 Å². The van der Waals surface area contributed by atoms with Gasteiger partial charge in [-0.05, 0) is 24.3 Å². The van der Waals surface area contributed by atoms with Gasteiger partial charge in [-0.2, -0.15) is 0 Å². The largest absolute Gasteiger partial charge is 0.488 e. The summed E-state index contributed by atoms with van der Waals surface area (Å²) >= 11 is 6.09. The van der Waals surface area contributed by atoms with E-state index in [4.69, 9.17) is 16.3 Å². The molecule has 140 valence electrons. The topological polar surface area (TPSA) is 59.3 Å². The van der Waals surface area contributed by atoms with Crippen molar-refractivity contribution in [3.63, 3.8) is 0 Å². The lowest BCUT2D eigenvalue weighted by Gasteiger charge is -2.19. The molecule has 1 fully saturated rings. The number of aliphatic hydroxyl groups is 1. The molecule has 27 heavy (non-hydrogen) atoms. The van der Waals surface area contributed by atoms with Crippen LogP contribution in [-0.4, -0.2) is 33.9 Å². The van der Waals surface area contributed by atoms with E-state index in [-0.39, 0.29) is 12.6 Å². The summed E-state index contributed by atoms with van der Waals surface area (Å²) in [5.41, 5.74) is 1.08. The molecule has 1 aromatic heterocycles. The van der Waals surface area contributed by atoms with Gasteiger partial charge in [-0.3, -0.25) is 0 Å². The van der Waals surface area contributed by atoms with Crippen molar-refractivity contribution < 1.29 is 14.2 Å². The van der Waals surface area contributed by atoms with E-state index in [0.29, 0.717) is 35.2 Å². The van der Waals surface area contributed by atoms with Gasteiger partial charge in [-0.25, -0.2) is 9.37 Å². The smallest absolute Gasteiger partial charge is 0.144 e. The van der Waals surface area contributed by atoms with E-state index < -0.39 is 11.9 Å². The Morgan fingerprint density at radius 3 is 2.85 bits per heavy atom. The molecule has 2 atom stereocenters. The molecule has 2 N–H and O–H groups in total. The molecule has 1 aliphatic rings. The molecule has 0 bridgehead atoms. The molecule has 5 nitrogen and oxygen atoms in total. The van der Waals surface area contributed by atoms with E-state index in [1.807, 2.05) is 35.0 Å². The second-order valence-corrected chi connectivity index (χ2v) is 6.84. The Morgan fingerprint density at radius 1 is 1.22 bits per heavy atom. The number of β-amino-alcohol motifs (C(OH)–C–C–N with tert-alkyl or cyclic N) is 1.